The number of rotatable bonds is 4. The molecule has 1 amide bonds. The van der Waals surface area contributed by atoms with Crippen molar-refractivity contribution in [2.45, 2.75) is 50.7 Å². The number of aromatic nitrogens is 3. The Morgan fingerprint density at radius 2 is 1.78 bits per heavy atom. The number of carbonyl (C=O) groups is 1. The molecule has 11 heteroatoms. The SMILES string of the molecule is O=C([C@H](O)C1CCCCC1)N1CC[C@@H](n2c(=O)c3cc(F)cnc3n(-c3ccc(F)c(F)c3)c2=O)C1. The van der Waals surface area contributed by atoms with Crippen molar-refractivity contribution in [3.8, 4) is 5.69 Å². The first-order valence-electron chi connectivity index (χ1n) is 12.0. The van der Waals surface area contributed by atoms with Gasteiger partial charge in [0.2, 0.25) is 0 Å². The van der Waals surface area contributed by atoms with Crippen molar-refractivity contribution in [3.05, 3.63) is 68.8 Å². The van der Waals surface area contributed by atoms with Crippen LogP contribution in [0, 0.1) is 23.4 Å². The summed E-state index contributed by atoms with van der Waals surface area (Å²) in [4.78, 5) is 45.1. The Hall–Kier alpha value is -3.47. The summed E-state index contributed by atoms with van der Waals surface area (Å²) in [6.45, 7) is 0.230. The second-order valence-corrected chi connectivity index (χ2v) is 9.49. The number of aliphatic hydroxyl groups is 1. The van der Waals surface area contributed by atoms with Gasteiger partial charge in [0.05, 0.1) is 23.3 Å². The molecule has 1 aromatic carbocycles. The van der Waals surface area contributed by atoms with Gasteiger partial charge >= 0.3 is 5.69 Å². The number of aliphatic hydroxyl groups excluding tert-OH is 1. The Morgan fingerprint density at radius 3 is 2.50 bits per heavy atom. The average molecular weight is 502 g/mol. The maximum absolute atomic E-state index is 14.0. The molecule has 5 rings (SSSR count). The number of fused-ring (bicyclic) bond motifs is 1. The zero-order chi connectivity index (χ0) is 25.6. The molecule has 0 bridgehead atoms. The maximum atomic E-state index is 14.0. The summed E-state index contributed by atoms with van der Waals surface area (Å²) < 4.78 is 43.4. The summed E-state index contributed by atoms with van der Waals surface area (Å²) in [6.07, 6.45) is 4.46. The minimum Gasteiger partial charge on any atom is -0.383 e. The van der Waals surface area contributed by atoms with E-state index in [1.54, 1.807) is 0 Å². The predicted molar refractivity (Wildman–Crippen MR) is 124 cm³/mol. The number of pyridine rings is 1. The first-order chi connectivity index (χ1) is 17.3. The van der Waals surface area contributed by atoms with Crippen molar-refractivity contribution < 1.29 is 23.1 Å². The monoisotopic (exact) mass is 502 g/mol. The van der Waals surface area contributed by atoms with Crippen molar-refractivity contribution in [2.75, 3.05) is 13.1 Å². The summed E-state index contributed by atoms with van der Waals surface area (Å²) in [5.41, 5.74) is -1.96. The molecule has 1 aliphatic carbocycles. The molecule has 1 saturated carbocycles. The van der Waals surface area contributed by atoms with Crippen LogP contribution in [-0.4, -0.2) is 49.2 Å². The van der Waals surface area contributed by atoms with E-state index >= 15 is 0 Å². The summed E-state index contributed by atoms with van der Waals surface area (Å²) in [6, 6.07) is 2.97. The van der Waals surface area contributed by atoms with Crippen LogP contribution in [0.3, 0.4) is 0 Å². The van der Waals surface area contributed by atoms with Crippen LogP contribution in [0.25, 0.3) is 16.7 Å². The normalized spacial score (nSPS) is 19.7. The summed E-state index contributed by atoms with van der Waals surface area (Å²) in [7, 11) is 0. The van der Waals surface area contributed by atoms with Gasteiger partial charge < -0.3 is 10.0 Å². The van der Waals surface area contributed by atoms with Crippen molar-refractivity contribution in [2.24, 2.45) is 5.92 Å². The number of nitrogens with zero attached hydrogens (tertiary/aromatic N) is 4. The lowest BCUT2D eigenvalue weighted by Gasteiger charge is -2.29. The Morgan fingerprint density at radius 1 is 1.03 bits per heavy atom. The second kappa shape index (κ2) is 9.53. The van der Waals surface area contributed by atoms with E-state index in [2.05, 4.69) is 4.98 Å². The molecule has 1 N–H and O–H groups in total. The molecule has 8 nitrogen and oxygen atoms in total. The predicted octanol–water partition coefficient (Wildman–Crippen LogP) is 2.68. The zero-order valence-electron chi connectivity index (χ0n) is 19.4. The Balaban J connectivity index is 1.55. The number of amides is 1. The Bertz CT molecular complexity index is 1450. The smallest absolute Gasteiger partial charge is 0.337 e. The molecule has 0 radical (unpaired) electrons. The van der Waals surface area contributed by atoms with Crippen molar-refractivity contribution >= 4 is 16.9 Å². The van der Waals surface area contributed by atoms with E-state index in [-0.39, 0.29) is 42.1 Å². The van der Waals surface area contributed by atoms with Crippen LogP contribution in [0.1, 0.15) is 44.6 Å². The topological polar surface area (TPSA) is 97.4 Å². The molecule has 1 saturated heterocycles. The molecule has 1 aliphatic heterocycles. The Labute approximate surface area is 203 Å². The lowest BCUT2D eigenvalue weighted by molar-refractivity contribution is -0.142. The fourth-order valence-electron chi connectivity index (χ4n) is 5.35. The van der Waals surface area contributed by atoms with Gasteiger partial charge in [-0.2, -0.15) is 0 Å². The van der Waals surface area contributed by atoms with E-state index in [1.807, 2.05) is 0 Å². The van der Waals surface area contributed by atoms with Crippen molar-refractivity contribution in [1.82, 2.24) is 19.0 Å². The molecule has 3 heterocycles. The molecule has 2 fully saturated rings. The van der Waals surface area contributed by atoms with Gasteiger partial charge in [-0.3, -0.25) is 14.2 Å². The fraction of sp³-hybridized carbons (Fsp3) is 0.440. The van der Waals surface area contributed by atoms with Gasteiger partial charge in [-0.25, -0.2) is 27.5 Å². The van der Waals surface area contributed by atoms with Crippen LogP contribution in [0.5, 0.6) is 0 Å². The number of likely N-dealkylation sites (tertiary alicyclic amines) is 1. The van der Waals surface area contributed by atoms with E-state index in [0.717, 1.165) is 71.7 Å². The van der Waals surface area contributed by atoms with Gasteiger partial charge in [0, 0.05) is 19.2 Å². The fourth-order valence-corrected chi connectivity index (χ4v) is 5.35. The third kappa shape index (κ3) is 4.21. The molecule has 0 spiro atoms. The minimum absolute atomic E-state index is 0.00376. The van der Waals surface area contributed by atoms with Crippen molar-refractivity contribution in [3.63, 3.8) is 0 Å². The van der Waals surface area contributed by atoms with Crippen LogP contribution in [-0.2, 0) is 4.79 Å². The first kappa shape index (κ1) is 24.2. The number of hydrogen-bond donors (Lipinski definition) is 1. The molecule has 2 aliphatic rings. The van der Waals surface area contributed by atoms with Crippen LogP contribution in [0.15, 0.2) is 40.1 Å². The molecule has 2 atom stereocenters. The molecule has 3 aromatic rings. The van der Waals surface area contributed by atoms with Crippen LogP contribution in [0.2, 0.25) is 0 Å². The number of halogens is 3. The van der Waals surface area contributed by atoms with E-state index in [9.17, 15) is 32.7 Å². The largest absolute Gasteiger partial charge is 0.383 e. The van der Waals surface area contributed by atoms with Gasteiger partial charge in [0.25, 0.3) is 11.5 Å². The van der Waals surface area contributed by atoms with Crippen LogP contribution >= 0.6 is 0 Å². The third-order valence-electron chi connectivity index (χ3n) is 7.24. The van der Waals surface area contributed by atoms with E-state index in [4.69, 9.17) is 0 Å². The van der Waals surface area contributed by atoms with Crippen molar-refractivity contribution in [1.29, 1.82) is 0 Å². The highest BCUT2D eigenvalue weighted by Crippen LogP contribution is 2.29. The quantitative estimate of drug-likeness (QED) is 0.592. The summed E-state index contributed by atoms with van der Waals surface area (Å²) >= 11 is 0. The average Bonchev–Trinajstić information content (AvgIpc) is 3.36. The first-order valence-corrected chi connectivity index (χ1v) is 12.0. The van der Waals surface area contributed by atoms with Gasteiger partial charge in [-0.05, 0) is 43.4 Å². The highest BCUT2D eigenvalue weighted by Gasteiger charge is 2.36. The van der Waals surface area contributed by atoms with E-state index < -0.39 is 46.8 Å². The minimum atomic E-state index is -1.21. The van der Waals surface area contributed by atoms with Crippen LogP contribution in [0.4, 0.5) is 13.2 Å². The van der Waals surface area contributed by atoms with E-state index in [0.29, 0.717) is 0 Å². The van der Waals surface area contributed by atoms with Gasteiger partial charge in [0.15, 0.2) is 17.3 Å². The lowest BCUT2D eigenvalue weighted by atomic mass is 9.85. The summed E-state index contributed by atoms with van der Waals surface area (Å²) in [5, 5.41) is 10.4. The highest BCUT2D eigenvalue weighted by atomic mass is 19.2. The highest BCUT2D eigenvalue weighted by molar-refractivity contribution is 5.81. The number of carbonyl (C=O) groups excluding carboxylic acids is 1. The zero-order valence-corrected chi connectivity index (χ0v) is 19.4. The van der Waals surface area contributed by atoms with Gasteiger partial charge in [0.1, 0.15) is 11.9 Å². The summed E-state index contributed by atoms with van der Waals surface area (Å²) in [5.74, 6) is -3.69. The molecule has 0 unspecified atom stereocenters. The molecular formula is C25H25F3N4O4. The maximum Gasteiger partial charge on any atom is 0.337 e. The third-order valence-corrected chi connectivity index (χ3v) is 7.24. The molecule has 2 aromatic heterocycles. The molecular weight excluding hydrogens is 477 g/mol. The van der Waals surface area contributed by atoms with Crippen LogP contribution < -0.4 is 11.2 Å². The number of hydrogen-bond acceptors (Lipinski definition) is 5. The second-order valence-electron chi connectivity index (χ2n) is 9.49. The number of benzene rings is 1. The van der Waals surface area contributed by atoms with E-state index in [1.165, 1.54) is 4.90 Å². The molecule has 190 valence electrons. The van der Waals surface area contributed by atoms with Gasteiger partial charge in [-0.15, -0.1) is 0 Å². The van der Waals surface area contributed by atoms with Gasteiger partial charge in [-0.1, -0.05) is 19.3 Å². The molecule has 36 heavy (non-hydrogen) atoms. The Kier molecular flexibility index (Phi) is 6.42. The standard InChI is InChI=1S/C25H25F3N4O4/c26-15-10-18-22(29-12-15)31(16-6-7-19(27)20(28)11-16)25(36)32(23(18)34)17-8-9-30(13-17)24(35)21(33)14-4-2-1-3-5-14/h6-7,10-12,14,17,21,33H,1-5,8-9,13H2/t17-,21-/m1/s1. The lowest BCUT2D eigenvalue weighted by Crippen LogP contribution is -2.45.